The van der Waals surface area contributed by atoms with E-state index in [9.17, 15) is 4.79 Å². The molecule has 0 radical (unpaired) electrons. The van der Waals surface area contributed by atoms with E-state index in [0.717, 1.165) is 17.7 Å². The lowest BCUT2D eigenvalue weighted by atomic mass is 10.1. The molecule has 1 aromatic heterocycles. The van der Waals surface area contributed by atoms with E-state index in [1.807, 2.05) is 41.3 Å². The van der Waals surface area contributed by atoms with Crippen molar-refractivity contribution in [3.05, 3.63) is 83.8 Å². The van der Waals surface area contributed by atoms with Crippen molar-refractivity contribution in [3.63, 3.8) is 0 Å². The van der Waals surface area contributed by atoms with Crippen LogP contribution in [0.3, 0.4) is 0 Å². The van der Waals surface area contributed by atoms with Gasteiger partial charge in [0.1, 0.15) is 17.8 Å². The second-order valence-corrected chi connectivity index (χ2v) is 6.92. The van der Waals surface area contributed by atoms with Gasteiger partial charge in [0.15, 0.2) is 0 Å². The van der Waals surface area contributed by atoms with Gasteiger partial charge in [0, 0.05) is 23.8 Å². The molecule has 0 fully saturated rings. The number of hydrogen-bond donors (Lipinski definition) is 1. The van der Waals surface area contributed by atoms with Gasteiger partial charge >= 0.3 is 0 Å². The van der Waals surface area contributed by atoms with Crippen LogP contribution in [0.5, 0.6) is 0 Å². The van der Waals surface area contributed by atoms with Gasteiger partial charge in [-0.15, -0.1) is 0 Å². The molecule has 0 saturated heterocycles. The first-order chi connectivity index (χ1) is 13.1. The Balaban J connectivity index is 1.57. The molecule has 27 heavy (non-hydrogen) atoms. The van der Waals surface area contributed by atoms with E-state index in [2.05, 4.69) is 47.3 Å². The number of benzene rings is 2. The Kier molecular flexibility index (Phi) is 4.59. The van der Waals surface area contributed by atoms with Gasteiger partial charge in [-0.05, 0) is 37.5 Å². The highest BCUT2D eigenvalue weighted by Gasteiger charge is 2.32. The second-order valence-electron chi connectivity index (χ2n) is 6.92. The molecule has 0 aliphatic carbocycles. The number of carbonyl (C=O) groups excluding carboxylic acids is 1. The Hall–Kier alpha value is -3.21. The molecule has 4 rings (SSSR count). The Morgan fingerprint density at radius 3 is 2.67 bits per heavy atom. The predicted octanol–water partition coefficient (Wildman–Crippen LogP) is 4.24. The van der Waals surface area contributed by atoms with Crippen LogP contribution in [-0.4, -0.2) is 21.9 Å². The van der Waals surface area contributed by atoms with E-state index in [0.29, 0.717) is 11.5 Å². The lowest BCUT2D eigenvalue weighted by Gasteiger charge is -2.22. The highest BCUT2D eigenvalue weighted by molar-refractivity contribution is 6.06. The molecule has 0 saturated carbocycles. The molecule has 3 aromatic rings. The zero-order valence-electron chi connectivity index (χ0n) is 15.5. The minimum Gasteiger partial charge on any atom is -0.363 e. The summed E-state index contributed by atoms with van der Waals surface area (Å²) < 4.78 is 0. The number of nitrogens with one attached hydrogen (secondary N) is 1. The first-order valence-electron chi connectivity index (χ1n) is 9.18. The van der Waals surface area contributed by atoms with Crippen LogP contribution in [0.25, 0.3) is 0 Å². The molecule has 2 aromatic carbocycles. The van der Waals surface area contributed by atoms with Crippen LogP contribution in [-0.2, 0) is 6.42 Å². The molecule has 1 N–H and O–H groups in total. The molecule has 1 aliphatic heterocycles. The Morgan fingerprint density at radius 2 is 1.85 bits per heavy atom. The molecule has 0 spiro atoms. The highest BCUT2D eigenvalue weighted by atomic mass is 16.2. The standard InChI is InChI=1S/C22H22N4O/c1-15-12-18-10-6-7-11-20(18)26(15)22(27)19-13-21(24-14-23-19)25-16(2)17-8-4-3-5-9-17/h3-11,13-16H,12H2,1-2H3,(H,23,24,25). The Bertz CT molecular complexity index is 957. The summed E-state index contributed by atoms with van der Waals surface area (Å²) in [5.41, 5.74) is 3.73. The number of fused-ring (bicyclic) bond motifs is 1. The van der Waals surface area contributed by atoms with Crippen LogP contribution in [0, 0.1) is 0 Å². The van der Waals surface area contributed by atoms with E-state index in [-0.39, 0.29) is 18.0 Å². The van der Waals surface area contributed by atoms with Crippen LogP contribution in [0.15, 0.2) is 67.0 Å². The number of hydrogen-bond acceptors (Lipinski definition) is 4. The Labute approximate surface area is 159 Å². The maximum atomic E-state index is 13.1. The van der Waals surface area contributed by atoms with Crippen molar-refractivity contribution in [3.8, 4) is 0 Å². The van der Waals surface area contributed by atoms with Crippen LogP contribution in [0.4, 0.5) is 11.5 Å². The maximum Gasteiger partial charge on any atom is 0.277 e. The average Bonchev–Trinajstić information content (AvgIpc) is 3.04. The Morgan fingerprint density at radius 1 is 1.11 bits per heavy atom. The monoisotopic (exact) mass is 358 g/mol. The van der Waals surface area contributed by atoms with E-state index in [4.69, 9.17) is 0 Å². The predicted molar refractivity (Wildman–Crippen MR) is 107 cm³/mol. The SMILES string of the molecule is CC(Nc1cc(C(=O)N2c3ccccc3CC2C)ncn1)c1ccccc1. The van der Waals surface area contributed by atoms with E-state index >= 15 is 0 Å². The fourth-order valence-corrected chi connectivity index (χ4v) is 3.60. The van der Waals surface area contributed by atoms with Crippen LogP contribution in [0.2, 0.25) is 0 Å². The van der Waals surface area contributed by atoms with Crippen molar-refractivity contribution in [1.29, 1.82) is 0 Å². The number of amides is 1. The summed E-state index contributed by atoms with van der Waals surface area (Å²) in [4.78, 5) is 23.5. The number of aromatic nitrogens is 2. The topological polar surface area (TPSA) is 58.1 Å². The summed E-state index contributed by atoms with van der Waals surface area (Å²) in [5.74, 6) is 0.551. The molecule has 136 valence electrons. The fraction of sp³-hybridized carbons (Fsp3) is 0.227. The van der Waals surface area contributed by atoms with Crippen molar-refractivity contribution in [2.75, 3.05) is 10.2 Å². The summed E-state index contributed by atoms with van der Waals surface area (Å²) in [6.07, 6.45) is 2.31. The molecule has 1 amide bonds. The quantitative estimate of drug-likeness (QED) is 0.758. The second kappa shape index (κ2) is 7.19. The molecule has 2 atom stereocenters. The first kappa shape index (κ1) is 17.2. The molecule has 0 bridgehead atoms. The summed E-state index contributed by atoms with van der Waals surface area (Å²) in [6.45, 7) is 4.13. The normalized spacial score (nSPS) is 16.7. The third-order valence-corrected chi connectivity index (χ3v) is 4.98. The van der Waals surface area contributed by atoms with Gasteiger partial charge in [0.2, 0.25) is 0 Å². The minimum absolute atomic E-state index is 0.0792. The van der Waals surface area contributed by atoms with Gasteiger partial charge in [-0.25, -0.2) is 9.97 Å². The van der Waals surface area contributed by atoms with Crippen molar-refractivity contribution in [1.82, 2.24) is 9.97 Å². The zero-order valence-corrected chi connectivity index (χ0v) is 15.5. The van der Waals surface area contributed by atoms with Gasteiger partial charge < -0.3 is 10.2 Å². The molecular formula is C22H22N4O. The number of anilines is 2. The summed E-state index contributed by atoms with van der Waals surface area (Å²) in [6, 6.07) is 20.1. The van der Waals surface area contributed by atoms with Crippen molar-refractivity contribution in [2.45, 2.75) is 32.4 Å². The zero-order chi connectivity index (χ0) is 18.8. The number of nitrogens with zero attached hydrogens (tertiary/aromatic N) is 3. The van der Waals surface area contributed by atoms with Gasteiger partial charge in [0.05, 0.1) is 0 Å². The largest absolute Gasteiger partial charge is 0.363 e. The highest BCUT2D eigenvalue weighted by Crippen LogP contribution is 2.33. The average molecular weight is 358 g/mol. The third-order valence-electron chi connectivity index (χ3n) is 4.98. The van der Waals surface area contributed by atoms with Gasteiger partial charge in [0.25, 0.3) is 5.91 Å². The van der Waals surface area contributed by atoms with Gasteiger partial charge in [-0.3, -0.25) is 4.79 Å². The van der Waals surface area contributed by atoms with Crippen molar-refractivity contribution in [2.24, 2.45) is 0 Å². The molecule has 2 unspecified atom stereocenters. The fourth-order valence-electron chi connectivity index (χ4n) is 3.60. The van der Waals surface area contributed by atoms with Crippen LogP contribution in [0.1, 0.15) is 41.5 Å². The van der Waals surface area contributed by atoms with E-state index in [1.54, 1.807) is 6.07 Å². The van der Waals surface area contributed by atoms with E-state index < -0.39 is 0 Å². The van der Waals surface area contributed by atoms with Gasteiger partial charge in [-0.2, -0.15) is 0 Å². The summed E-state index contributed by atoms with van der Waals surface area (Å²) in [7, 11) is 0. The lowest BCUT2D eigenvalue weighted by molar-refractivity contribution is 0.0976. The minimum atomic E-state index is -0.0923. The number of rotatable bonds is 4. The summed E-state index contributed by atoms with van der Waals surface area (Å²) in [5, 5.41) is 3.35. The lowest BCUT2D eigenvalue weighted by Crippen LogP contribution is -2.36. The third kappa shape index (κ3) is 3.40. The van der Waals surface area contributed by atoms with Crippen molar-refractivity contribution >= 4 is 17.4 Å². The smallest absolute Gasteiger partial charge is 0.277 e. The molecule has 5 heteroatoms. The number of para-hydroxylation sites is 1. The van der Waals surface area contributed by atoms with Crippen molar-refractivity contribution < 1.29 is 4.79 Å². The van der Waals surface area contributed by atoms with Gasteiger partial charge in [-0.1, -0.05) is 48.5 Å². The van der Waals surface area contributed by atoms with Crippen LogP contribution >= 0.6 is 0 Å². The summed E-state index contributed by atoms with van der Waals surface area (Å²) >= 11 is 0. The molecule has 2 heterocycles. The maximum absolute atomic E-state index is 13.1. The molecular weight excluding hydrogens is 336 g/mol. The molecule has 5 nitrogen and oxygen atoms in total. The number of carbonyl (C=O) groups is 1. The van der Waals surface area contributed by atoms with Crippen LogP contribution < -0.4 is 10.2 Å². The van der Waals surface area contributed by atoms with E-state index in [1.165, 1.54) is 11.9 Å². The molecule has 1 aliphatic rings. The first-order valence-corrected chi connectivity index (χ1v) is 9.18.